The standard InChI is InChI=1S/C13H19NO5/c1-2-3-6-19-13(18)14-8-4-5-9(10(15)7-8)11(14)12(16)17/h8-9,11H,2-7H2,1H3,(H,16,17)/t8-,9+,11-/m0/s1. The van der Waals surface area contributed by atoms with Crippen molar-refractivity contribution in [1.82, 2.24) is 4.90 Å². The minimum Gasteiger partial charge on any atom is -0.480 e. The molecular formula is C13H19NO5. The van der Waals surface area contributed by atoms with Gasteiger partial charge in [0, 0.05) is 18.4 Å². The second-order valence-corrected chi connectivity index (χ2v) is 5.17. The Kier molecular flexibility index (Phi) is 4.07. The van der Waals surface area contributed by atoms with Crippen LogP contribution in [0.3, 0.4) is 0 Å². The molecule has 0 spiro atoms. The molecule has 3 atom stereocenters. The highest BCUT2D eigenvalue weighted by molar-refractivity contribution is 5.93. The van der Waals surface area contributed by atoms with Crippen LogP contribution in [0.25, 0.3) is 0 Å². The second kappa shape index (κ2) is 5.59. The third-order valence-electron chi connectivity index (χ3n) is 3.92. The van der Waals surface area contributed by atoms with E-state index >= 15 is 0 Å². The zero-order chi connectivity index (χ0) is 14.0. The topological polar surface area (TPSA) is 83.9 Å². The molecule has 3 rings (SSSR count). The fourth-order valence-electron chi connectivity index (χ4n) is 2.94. The van der Waals surface area contributed by atoms with Gasteiger partial charge in [-0.3, -0.25) is 9.69 Å². The molecule has 0 radical (unpaired) electrons. The Hall–Kier alpha value is -1.59. The van der Waals surface area contributed by atoms with Crippen molar-refractivity contribution in [2.24, 2.45) is 5.92 Å². The average molecular weight is 269 g/mol. The van der Waals surface area contributed by atoms with E-state index in [0.29, 0.717) is 19.4 Å². The highest BCUT2D eigenvalue weighted by atomic mass is 16.6. The number of hydrogen-bond donors (Lipinski definition) is 1. The van der Waals surface area contributed by atoms with Crippen molar-refractivity contribution in [1.29, 1.82) is 0 Å². The molecule has 2 aliphatic heterocycles. The van der Waals surface area contributed by atoms with Gasteiger partial charge in [-0.2, -0.15) is 0 Å². The molecule has 1 amide bonds. The van der Waals surface area contributed by atoms with Crippen molar-refractivity contribution in [3.8, 4) is 0 Å². The van der Waals surface area contributed by atoms with E-state index in [-0.39, 0.29) is 18.2 Å². The van der Waals surface area contributed by atoms with Crippen molar-refractivity contribution in [2.45, 2.75) is 51.1 Å². The summed E-state index contributed by atoms with van der Waals surface area (Å²) in [4.78, 5) is 36.4. The summed E-state index contributed by atoms with van der Waals surface area (Å²) >= 11 is 0. The van der Waals surface area contributed by atoms with Gasteiger partial charge < -0.3 is 9.84 Å². The number of ether oxygens (including phenoxy) is 1. The molecule has 3 aliphatic rings. The third-order valence-corrected chi connectivity index (χ3v) is 3.92. The summed E-state index contributed by atoms with van der Waals surface area (Å²) in [5.41, 5.74) is 0. The molecule has 1 saturated carbocycles. The van der Waals surface area contributed by atoms with Crippen LogP contribution in [-0.2, 0) is 14.3 Å². The predicted molar refractivity (Wildman–Crippen MR) is 65.7 cm³/mol. The molecule has 2 bridgehead atoms. The summed E-state index contributed by atoms with van der Waals surface area (Å²) < 4.78 is 5.10. The average Bonchev–Trinajstić information content (AvgIpc) is 2.38. The first-order valence-corrected chi connectivity index (χ1v) is 6.76. The second-order valence-electron chi connectivity index (χ2n) is 5.17. The lowest BCUT2D eigenvalue weighted by Crippen LogP contribution is -2.63. The SMILES string of the molecule is CCCCOC(=O)N1[C@H]2CC[C@H](C(=O)C2)[C@H]1C(=O)O. The Morgan fingerprint density at radius 2 is 2.16 bits per heavy atom. The van der Waals surface area contributed by atoms with Crippen LogP contribution in [0.2, 0.25) is 0 Å². The number of hydrogen-bond acceptors (Lipinski definition) is 4. The Morgan fingerprint density at radius 1 is 1.42 bits per heavy atom. The number of carbonyl (C=O) groups is 3. The summed E-state index contributed by atoms with van der Waals surface area (Å²) in [6.07, 6.45) is 2.56. The molecule has 0 unspecified atom stereocenters. The molecule has 0 aromatic rings. The number of carbonyl (C=O) groups excluding carboxylic acids is 2. The van der Waals surface area contributed by atoms with Gasteiger partial charge in [0.05, 0.1) is 6.61 Å². The van der Waals surface area contributed by atoms with Gasteiger partial charge in [0.1, 0.15) is 11.8 Å². The van der Waals surface area contributed by atoms with E-state index in [1.807, 2.05) is 6.92 Å². The molecule has 1 aliphatic carbocycles. The van der Waals surface area contributed by atoms with Gasteiger partial charge in [0.15, 0.2) is 0 Å². The van der Waals surface area contributed by atoms with Gasteiger partial charge in [-0.25, -0.2) is 9.59 Å². The van der Waals surface area contributed by atoms with E-state index < -0.39 is 24.0 Å². The number of nitrogens with zero attached hydrogens (tertiary/aromatic N) is 1. The Morgan fingerprint density at radius 3 is 2.74 bits per heavy atom. The largest absolute Gasteiger partial charge is 0.480 e. The van der Waals surface area contributed by atoms with Gasteiger partial charge in [0.25, 0.3) is 0 Å². The van der Waals surface area contributed by atoms with Gasteiger partial charge in [-0.15, -0.1) is 0 Å². The van der Waals surface area contributed by atoms with Crippen LogP contribution >= 0.6 is 0 Å². The van der Waals surface area contributed by atoms with Crippen molar-refractivity contribution in [3.05, 3.63) is 0 Å². The lowest BCUT2D eigenvalue weighted by Gasteiger charge is -2.47. The van der Waals surface area contributed by atoms with Gasteiger partial charge in [0.2, 0.25) is 0 Å². The minimum atomic E-state index is -1.12. The van der Waals surface area contributed by atoms with Crippen molar-refractivity contribution in [3.63, 3.8) is 0 Å². The molecule has 6 heteroatoms. The minimum absolute atomic E-state index is 0.0405. The monoisotopic (exact) mass is 269 g/mol. The first-order chi connectivity index (χ1) is 9.06. The molecule has 2 heterocycles. The summed E-state index contributed by atoms with van der Waals surface area (Å²) in [5.74, 6) is -1.72. The molecule has 106 valence electrons. The maximum absolute atomic E-state index is 12.0. The smallest absolute Gasteiger partial charge is 0.410 e. The number of aliphatic carboxylic acids is 1. The van der Waals surface area contributed by atoms with Crippen LogP contribution in [0.15, 0.2) is 0 Å². The number of carboxylic acids is 1. The van der Waals surface area contributed by atoms with E-state index in [2.05, 4.69) is 0 Å². The summed E-state index contributed by atoms with van der Waals surface area (Å²) in [7, 11) is 0. The van der Waals surface area contributed by atoms with Crippen molar-refractivity contribution >= 4 is 17.8 Å². The summed E-state index contributed by atoms with van der Waals surface area (Å²) in [5, 5.41) is 9.27. The number of amides is 1. The summed E-state index contributed by atoms with van der Waals surface area (Å²) in [6, 6.07) is -1.36. The molecule has 1 N–H and O–H groups in total. The number of Topliss-reactive ketones (excluding diaryl/α,β-unsaturated/α-hetero) is 1. The highest BCUT2D eigenvalue weighted by Crippen LogP contribution is 2.38. The van der Waals surface area contributed by atoms with E-state index in [1.165, 1.54) is 4.90 Å². The number of unbranched alkanes of at least 4 members (excludes halogenated alkanes) is 1. The maximum atomic E-state index is 12.0. The van der Waals surface area contributed by atoms with Gasteiger partial charge >= 0.3 is 12.1 Å². The number of rotatable bonds is 4. The van der Waals surface area contributed by atoms with Crippen LogP contribution in [0.5, 0.6) is 0 Å². The van der Waals surface area contributed by atoms with Crippen LogP contribution < -0.4 is 0 Å². The van der Waals surface area contributed by atoms with E-state index in [1.54, 1.807) is 0 Å². The molecule has 3 fully saturated rings. The molecule has 6 nitrogen and oxygen atoms in total. The zero-order valence-corrected chi connectivity index (χ0v) is 11.0. The van der Waals surface area contributed by atoms with Crippen LogP contribution in [0.4, 0.5) is 4.79 Å². The first-order valence-electron chi connectivity index (χ1n) is 6.76. The van der Waals surface area contributed by atoms with Crippen molar-refractivity contribution < 1.29 is 24.2 Å². The molecule has 2 saturated heterocycles. The number of fused-ring (bicyclic) bond motifs is 3. The van der Waals surface area contributed by atoms with Crippen LogP contribution in [0, 0.1) is 5.92 Å². The zero-order valence-electron chi connectivity index (χ0n) is 11.0. The first kappa shape index (κ1) is 13.8. The van der Waals surface area contributed by atoms with Crippen molar-refractivity contribution in [2.75, 3.05) is 6.61 Å². The lowest BCUT2D eigenvalue weighted by molar-refractivity contribution is -0.157. The fourth-order valence-corrected chi connectivity index (χ4v) is 2.94. The fraction of sp³-hybridized carbons (Fsp3) is 0.769. The molecule has 19 heavy (non-hydrogen) atoms. The predicted octanol–water partition coefficient (Wildman–Crippen LogP) is 1.43. The number of ketones is 1. The van der Waals surface area contributed by atoms with Gasteiger partial charge in [-0.1, -0.05) is 13.3 Å². The Balaban J connectivity index is 2.11. The Labute approximate surface area is 111 Å². The quantitative estimate of drug-likeness (QED) is 0.780. The normalized spacial score (nSPS) is 29.4. The van der Waals surface area contributed by atoms with E-state index in [9.17, 15) is 19.5 Å². The molecule has 0 aromatic carbocycles. The maximum Gasteiger partial charge on any atom is 0.410 e. The van der Waals surface area contributed by atoms with E-state index in [4.69, 9.17) is 4.74 Å². The lowest BCUT2D eigenvalue weighted by atomic mass is 9.74. The summed E-state index contributed by atoms with van der Waals surface area (Å²) in [6.45, 7) is 2.28. The van der Waals surface area contributed by atoms with Crippen LogP contribution in [-0.4, -0.2) is 46.5 Å². The van der Waals surface area contributed by atoms with E-state index in [0.717, 1.165) is 12.8 Å². The highest BCUT2D eigenvalue weighted by Gasteiger charge is 2.52. The number of piperidine rings is 2. The molecule has 0 aromatic heterocycles. The number of carboxylic acid groups (broad SMARTS) is 1. The third kappa shape index (κ3) is 2.57. The Bertz CT molecular complexity index is 394. The van der Waals surface area contributed by atoms with Crippen LogP contribution in [0.1, 0.15) is 39.0 Å². The van der Waals surface area contributed by atoms with Gasteiger partial charge in [-0.05, 0) is 19.3 Å². The molecular weight excluding hydrogens is 250 g/mol.